The zero-order chi connectivity index (χ0) is 14.1. The van der Waals surface area contributed by atoms with Crippen molar-refractivity contribution < 1.29 is 14.3 Å². The Labute approximate surface area is 117 Å². The first-order chi connectivity index (χ1) is 9.65. The number of piperazine rings is 1. The van der Waals surface area contributed by atoms with Gasteiger partial charge in [-0.1, -0.05) is 6.07 Å². The molecule has 2 N–H and O–H groups in total. The third-order valence-corrected chi connectivity index (χ3v) is 3.52. The summed E-state index contributed by atoms with van der Waals surface area (Å²) >= 11 is 0. The summed E-state index contributed by atoms with van der Waals surface area (Å²) < 4.78 is 5.43. The molecule has 1 atom stereocenters. The second-order valence-corrected chi connectivity index (χ2v) is 5.13. The third kappa shape index (κ3) is 2.34. The van der Waals surface area contributed by atoms with E-state index >= 15 is 0 Å². The summed E-state index contributed by atoms with van der Waals surface area (Å²) in [6, 6.07) is 5.52. The van der Waals surface area contributed by atoms with Gasteiger partial charge in [0, 0.05) is 25.7 Å². The molecule has 0 aromatic heterocycles. The number of nitrogens with zero attached hydrogens (tertiary/aromatic N) is 1. The summed E-state index contributed by atoms with van der Waals surface area (Å²) in [5.41, 5.74) is 1.08. The van der Waals surface area contributed by atoms with E-state index in [-0.39, 0.29) is 24.5 Å². The van der Waals surface area contributed by atoms with Crippen LogP contribution in [0.25, 0.3) is 0 Å². The second-order valence-electron chi connectivity index (χ2n) is 5.13. The number of carbonyl (C=O) groups excluding carboxylic acids is 2. The molecule has 1 saturated heterocycles. The van der Waals surface area contributed by atoms with Gasteiger partial charge in [-0.2, -0.15) is 0 Å². The molecule has 0 bridgehead atoms. The Kier molecular flexibility index (Phi) is 3.31. The number of rotatable bonds is 1. The number of para-hydroxylation sites is 1. The molecule has 2 amide bonds. The molecule has 20 heavy (non-hydrogen) atoms. The molecule has 6 heteroatoms. The lowest BCUT2D eigenvalue weighted by molar-refractivity contribution is -0.118. The summed E-state index contributed by atoms with van der Waals surface area (Å²) in [6.45, 7) is 4.15. The number of nitrogens with one attached hydrogen (secondary N) is 2. The average Bonchev–Trinajstić information content (AvgIpc) is 2.45. The van der Waals surface area contributed by atoms with Crippen molar-refractivity contribution in [3.63, 3.8) is 0 Å². The number of benzene rings is 1. The van der Waals surface area contributed by atoms with Gasteiger partial charge in [0.05, 0.1) is 11.3 Å². The van der Waals surface area contributed by atoms with Crippen LogP contribution in [0.4, 0.5) is 5.69 Å². The molecule has 2 aliphatic rings. The summed E-state index contributed by atoms with van der Waals surface area (Å²) in [7, 11) is 0. The normalized spacial score (nSPS) is 21.8. The lowest BCUT2D eigenvalue weighted by Gasteiger charge is -2.32. The van der Waals surface area contributed by atoms with E-state index in [0.29, 0.717) is 30.1 Å². The van der Waals surface area contributed by atoms with E-state index in [2.05, 4.69) is 17.6 Å². The Morgan fingerprint density at radius 2 is 2.30 bits per heavy atom. The Hall–Kier alpha value is -2.08. The van der Waals surface area contributed by atoms with Crippen molar-refractivity contribution >= 4 is 17.5 Å². The van der Waals surface area contributed by atoms with Crippen molar-refractivity contribution in [2.45, 2.75) is 13.0 Å². The van der Waals surface area contributed by atoms with Gasteiger partial charge in [0.15, 0.2) is 12.4 Å². The van der Waals surface area contributed by atoms with Crippen LogP contribution in [0.3, 0.4) is 0 Å². The van der Waals surface area contributed by atoms with Crippen LogP contribution in [-0.2, 0) is 4.79 Å². The fraction of sp³-hybridized carbons (Fsp3) is 0.429. The highest BCUT2D eigenvalue weighted by molar-refractivity contribution is 6.03. The first kappa shape index (κ1) is 12.9. The van der Waals surface area contributed by atoms with Crippen molar-refractivity contribution in [2.75, 3.05) is 31.6 Å². The number of hydrogen-bond acceptors (Lipinski definition) is 4. The predicted octanol–water partition coefficient (Wildman–Crippen LogP) is 0.451. The monoisotopic (exact) mass is 275 g/mol. The van der Waals surface area contributed by atoms with Crippen LogP contribution in [0.1, 0.15) is 17.3 Å². The number of fused-ring (bicyclic) bond motifs is 1. The molecule has 0 spiro atoms. The Bertz CT molecular complexity index is 559. The maximum Gasteiger partial charge on any atom is 0.262 e. The van der Waals surface area contributed by atoms with E-state index in [1.165, 1.54) is 0 Å². The van der Waals surface area contributed by atoms with Gasteiger partial charge in [-0.15, -0.1) is 0 Å². The van der Waals surface area contributed by atoms with Crippen molar-refractivity contribution in [1.29, 1.82) is 0 Å². The van der Waals surface area contributed by atoms with Crippen LogP contribution in [0.5, 0.6) is 5.75 Å². The number of amides is 2. The molecule has 0 saturated carbocycles. The highest BCUT2D eigenvalue weighted by Gasteiger charge is 2.27. The van der Waals surface area contributed by atoms with E-state index in [9.17, 15) is 9.59 Å². The van der Waals surface area contributed by atoms with Gasteiger partial charge in [0.25, 0.3) is 11.8 Å². The molecule has 1 unspecified atom stereocenters. The van der Waals surface area contributed by atoms with E-state index in [1.54, 1.807) is 18.2 Å². The number of ether oxygens (including phenoxy) is 1. The minimum atomic E-state index is -0.196. The fourth-order valence-electron chi connectivity index (χ4n) is 2.57. The van der Waals surface area contributed by atoms with Gasteiger partial charge in [-0.3, -0.25) is 9.59 Å². The van der Waals surface area contributed by atoms with Gasteiger partial charge in [-0.25, -0.2) is 0 Å². The number of hydrogen-bond donors (Lipinski definition) is 2. The van der Waals surface area contributed by atoms with Gasteiger partial charge >= 0.3 is 0 Å². The van der Waals surface area contributed by atoms with Crippen LogP contribution in [0.2, 0.25) is 0 Å². The highest BCUT2D eigenvalue weighted by Crippen LogP contribution is 2.32. The zero-order valence-electron chi connectivity index (χ0n) is 11.3. The molecule has 3 rings (SSSR count). The molecule has 2 aliphatic heterocycles. The zero-order valence-corrected chi connectivity index (χ0v) is 11.3. The Balaban J connectivity index is 1.88. The molecule has 6 nitrogen and oxygen atoms in total. The predicted molar refractivity (Wildman–Crippen MR) is 73.9 cm³/mol. The maximum atomic E-state index is 12.6. The van der Waals surface area contributed by atoms with Crippen LogP contribution < -0.4 is 15.4 Å². The largest absolute Gasteiger partial charge is 0.481 e. The summed E-state index contributed by atoms with van der Waals surface area (Å²) in [5, 5.41) is 6.02. The van der Waals surface area contributed by atoms with E-state index < -0.39 is 0 Å². The number of anilines is 1. The van der Waals surface area contributed by atoms with Gasteiger partial charge in [0.2, 0.25) is 0 Å². The molecule has 0 radical (unpaired) electrons. The molecule has 1 aromatic carbocycles. The van der Waals surface area contributed by atoms with Crippen molar-refractivity contribution in [2.24, 2.45) is 0 Å². The third-order valence-electron chi connectivity index (χ3n) is 3.52. The standard InChI is InChI=1S/C14H17N3O3/c1-9-7-17(6-5-15-9)14(19)10-3-2-4-11-13(10)20-8-12(18)16-11/h2-4,9,15H,5-8H2,1H3,(H,16,18). The van der Waals surface area contributed by atoms with Crippen LogP contribution in [0, 0.1) is 0 Å². The van der Waals surface area contributed by atoms with Gasteiger partial charge in [0.1, 0.15) is 0 Å². The summed E-state index contributed by atoms with van der Waals surface area (Å²) in [5.74, 6) is 0.229. The Morgan fingerprint density at radius 3 is 3.10 bits per heavy atom. The van der Waals surface area contributed by atoms with E-state index in [4.69, 9.17) is 4.74 Å². The quantitative estimate of drug-likeness (QED) is 0.781. The molecule has 0 aliphatic carbocycles. The van der Waals surface area contributed by atoms with Gasteiger partial charge < -0.3 is 20.3 Å². The average molecular weight is 275 g/mol. The van der Waals surface area contributed by atoms with E-state index in [1.807, 2.05) is 4.90 Å². The van der Waals surface area contributed by atoms with Crippen molar-refractivity contribution in [3.05, 3.63) is 23.8 Å². The van der Waals surface area contributed by atoms with Crippen molar-refractivity contribution in [3.8, 4) is 5.75 Å². The molecule has 2 heterocycles. The SMILES string of the molecule is CC1CN(C(=O)c2cccc3c2OCC(=O)N3)CCN1. The topological polar surface area (TPSA) is 70.7 Å². The Morgan fingerprint density at radius 1 is 1.45 bits per heavy atom. The lowest BCUT2D eigenvalue weighted by atomic mass is 10.1. The minimum absolute atomic E-state index is 0.0464. The number of carbonyl (C=O) groups is 2. The van der Waals surface area contributed by atoms with Crippen molar-refractivity contribution in [1.82, 2.24) is 10.2 Å². The first-order valence-electron chi connectivity index (χ1n) is 6.73. The van der Waals surface area contributed by atoms with Gasteiger partial charge in [-0.05, 0) is 19.1 Å². The molecule has 1 fully saturated rings. The summed E-state index contributed by atoms with van der Waals surface area (Å²) in [6.07, 6.45) is 0. The highest BCUT2D eigenvalue weighted by atomic mass is 16.5. The van der Waals surface area contributed by atoms with E-state index in [0.717, 1.165) is 6.54 Å². The fourth-order valence-corrected chi connectivity index (χ4v) is 2.57. The molecular weight excluding hydrogens is 258 g/mol. The van der Waals surface area contributed by atoms with Crippen LogP contribution >= 0.6 is 0 Å². The first-order valence-corrected chi connectivity index (χ1v) is 6.73. The van der Waals surface area contributed by atoms with Crippen LogP contribution in [0.15, 0.2) is 18.2 Å². The minimum Gasteiger partial charge on any atom is -0.481 e. The van der Waals surface area contributed by atoms with Crippen LogP contribution in [-0.4, -0.2) is 49.0 Å². The summed E-state index contributed by atoms with van der Waals surface area (Å²) in [4.78, 5) is 25.7. The lowest BCUT2D eigenvalue weighted by Crippen LogP contribution is -2.51. The molecular formula is C14H17N3O3. The second kappa shape index (κ2) is 5.13. The smallest absolute Gasteiger partial charge is 0.262 e. The molecule has 1 aromatic rings. The maximum absolute atomic E-state index is 12.6. The molecule has 106 valence electrons.